The van der Waals surface area contributed by atoms with Crippen LogP contribution in [0, 0.1) is 13.8 Å². The first-order chi connectivity index (χ1) is 10.9. The Morgan fingerprint density at radius 2 is 1.57 bits per heavy atom. The number of hydrogen-bond donors (Lipinski definition) is 1. The van der Waals surface area contributed by atoms with Crippen molar-refractivity contribution in [3.05, 3.63) is 72.1 Å². The number of aromatic nitrogens is 2. The summed E-state index contributed by atoms with van der Waals surface area (Å²) in [5, 5.41) is 4.32. The Balaban J connectivity index is 1.81. The van der Waals surface area contributed by atoms with Gasteiger partial charge in [0.15, 0.2) is 0 Å². The summed E-state index contributed by atoms with van der Waals surface area (Å²) in [5.74, 6) is 0. The quantitative estimate of drug-likeness (QED) is 0.800. The number of sulfonamides is 1. The summed E-state index contributed by atoms with van der Waals surface area (Å²) in [5.41, 5.74) is 3.33. The van der Waals surface area contributed by atoms with Crippen LogP contribution in [0.25, 0.3) is 5.69 Å². The summed E-state index contributed by atoms with van der Waals surface area (Å²) in [7, 11) is -3.58. The van der Waals surface area contributed by atoms with Crippen LogP contribution in [0.1, 0.15) is 11.3 Å². The van der Waals surface area contributed by atoms with E-state index in [9.17, 15) is 8.42 Å². The Bertz CT molecular complexity index is 911. The van der Waals surface area contributed by atoms with Gasteiger partial charge in [0.25, 0.3) is 10.0 Å². The summed E-state index contributed by atoms with van der Waals surface area (Å²) in [6.45, 7) is 3.83. The zero-order chi connectivity index (χ0) is 16.4. The number of rotatable bonds is 4. The second kappa shape index (κ2) is 5.89. The maximum atomic E-state index is 12.3. The minimum atomic E-state index is -3.58. The van der Waals surface area contributed by atoms with E-state index in [1.165, 1.54) is 0 Å². The molecule has 3 aromatic rings. The van der Waals surface area contributed by atoms with E-state index in [1.54, 1.807) is 41.1 Å². The highest BCUT2D eigenvalue weighted by atomic mass is 32.2. The van der Waals surface area contributed by atoms with E-state index in [4.69, 9.17) is 0 Å². The molecule has 0 aliphatic heterocycles. The summed E-state index contributed by atoms with van der Waals surface area (Å²) in [6, 6.07) is 15.7. The van der Waals surface area contributed by atoms with Crippen molar-refractivity contribution in [2.24, 2.45) is 0 Å². The van der Waals surface area contributed by atoms with E-state index in [2.05, 4.69) is 9.82 Å². The molecule has 0 aliphatic carbocycles. The Labute approximate surface area is 135 Å². The molecule has 0 amide bonds. The number of nitrogens with one attached hydrogen (secondary N) is 1. The Morgan fingerprint density at radius 1 is 0.913 bits per heavy atom. The molecular formula is C17H17N3O2S. The minimum Gasteiger partial charge on any atom is -0.280 e. The third-order valence-electron chi connectivity index (χ3n) is 3.44. The highest BCUT2D eigenvalue weighted by Crippen LogP contribution is 2.18. The lowest BCUT2D eigenvalue weighted by Gasteiger charge is -2.09. The average molecular weight is 327 g/mol. The summed E-state index contributed by atoms with van der Waals surface area (Å²) < 4.78 is 29.0. The molecule has 2 aromatic carbocycles. The molecule has 0 radical (unpaired) electrons. The van der Waals surface area contributed by atoms with Crippen LogP contribution in [0.2, 0.25) is 0 Å². The molecule has 0 unspecified atom stereocenters. The van der Waals surface area contributed by atoms with Crippen molar-refractivity contribution in [3.8, 4) is 5.69 Å². The van der Waals surface area contributed by atoms with E-state index in [0.717, 1.165) is 16.9 Å². The van der Waals surface area contributed by atoms with Gasteiger partial charge in [-0.25, -0.2) is 13.1 Å². The van der Waals surface area contributed by atoms with Crippen molar-refractivity contribution in [2.75, 3.05) is 4.72 Å². The normalized spacial score (nSPS) is 11.4. The highest BCUT2D eigenvalue weighted by Gasteiger charge is 2.13. The average Bonchev–Trinajstić information content (AvgIpc) is 2.95. The standard InChI is InChI=1S/C17H17N3O2S/c1-13-3-9-17(10-4-13)23(21,22)19-15-5-7-16(8-6-15)20-12-11-14(2)18-20/h3-12,19H,1-2H3. The summed E-state index contributed by atoms with van der Waals surface area (Å²) >= 11 is 0. The molecule has 1 N–H and O–H groups in total. The van der Waals surface area contributed by atoms with Gasteiger partial charge in [0, 0.05) is 11.9 Å². The number of anilines is 1. The largest absolute Gasteiger partial charge is 0.280 e. The predicted molar refractivity (Wildman–Crippen MR) is 90.3 cm³/mol. The number of benzene rings is 2. The summed E-state index contributed by atoms with van der Waals surface area (Å²) in [6.07, 6.45) is 1.86. The van der Waals surface area contributed by atoms with E-state index in [0.29, 0.717) is 5.69 Å². The van der Waals surface area contributed by atoms with Crippen molar-refractivity contribution in [2.45, 2.75) is 18.7 Å². The molecule has 23 heavy (non-hydrogen) atoms. The van der Waals surface area contributed by atoms with Gasteiger partial charge in [-0.15, -0.1) is 0 Å². The minimum absolute atomic E-state index is 0.245. The molecule has 1 heterocycles. The molecule has 6 heteroatoms. The van der Waals surface area contributed by atoms with Crippen LogP contribution in [-0.2, 0) is 10.0 Å². The number of nitrogens with zero attached hydrogens (tertiary/aromatic N) is 2. The first-order valence-electron chi connectivity index (χ1n) is 7.16. The molecular weight excluding hydrogens is 310 g/mol. The van der Waals surface area contributed by atoms with Gasteiger partial charge in [0.1, 0.15) is 0 Å². The van der Waals surface area contributed by atoms with Gasteiger partial charge in [-0.3, -0.25) is 4.72 Å². The number of aryl methyl sites for hydroxylation is 2. The van der Waals surface area contributed by atoms with Gasteiger partial charge < -0.3 is 0 Å². The third kappa shape index (κ3) is 3.43. The van der Waals surface area contributed by atoms with Gasteiger partial charge in [-0.1, -0.05) is 17.7 Å². The van der Waals surface area contributed by atoms with E-state index in [1.807, 2.05) is 38.2 Å². The topological polar surface area (TPSA) is 64.0 Å². The highest BCUT2D eigenvalue weighted by molar-refractivity contribution is 7.92. The van der Waals surface area contributed by atoms with E-state index >= 15 is 0 Å². The monoisotopic (exact) mass is 327 g/mol. The Hall–Kier alpha value is -2.60. The maximum Gasteiger partial charge on any atom is 0.261 e. The van der Waals surface area contributed by atoms with Crippen LogP contribution in [-0.4, -0.2) is 18.2 Å². The molecule has 0 spiro atoms. The molecule has 0 fully saturated rings. The van der Waals surface area contributed by atoms with Crippen LogP contribution in [0.15, 0.2) is 65.7 Å². The molecule has 118 valence electrons. The second-order valence-electron chi connectivity index (χ2n) is 5.37. The zero-order valence-corrected chi connectivity index (χ0v) is 13.7. The smallest absolute Gasteiger partial charge is 0.261 e. The maximum absolute atomic E-state index is 12.3. The lowest BCUT2D eigenvalue weighted by Crippen LogP contribution is -2.12. The van der Waals surface area contributed by atoms with Crippen LogP contribution >= 0.6 is 0 Å². The third-order valence-corrected chi connectivity index (χ3v) is 4.83. The van der Waals surface area contributed by atoms with Crippen LogP contribution in [0.3, 0.4) is 0 Å². The van der Waals surface area contributed by atoms with Gasteiger partial charge in [0.05, 0.1) is 16.3 Å². The number of hydrogen-bond acceptors (Lipinski definition) is 3. The van der Waals surface area contributed by atoms with Gasteiger partial charge in [-0.2, -0.15) is 5.10 Å². The van der Waals surface area contributed by atoms with Crippen LogP contribution in [0.5, 0.6) is 0 Å². The van der Waals surface area contributed by atoms with Gasteiger partial charge in [-0.05, 0) is 56.3 Å². The molecule has 5 nitrogen and oxygen atoms in total. The fourth-order valence-electron chi connectivity index (χ4n) is 2.17. The predicted octanol–water partition coefficient (Wildman–Crippen LogP) is 3.29. The zero-order valence-electron chi connectivity index (χ0n) is 12.9. The molecule has 0 saturated carbocycles. The molecule has 3 rings (SSSR count). The van der Waals surface area contributed by atoms with Crippen molar-refractivity contribution < 1.29 is 8.42 Å². The molecule has 0 bridgehead atoms. The second-order valence-corrected chi connectivity index (χ2v) is 7.05. The first kappa shape index (κ1) is 15.3. The molecule has 0 saturated heterocycles. The Morgan fingerprint density at radius 3 is 2.13 bits per heavy atom. The lowest BCUT2D eigenvalue weighted by atomic mass is 10.2. The lowest BCUT2D eigenvalue weighted by molar-refractivity contribution is 0.601. The van der Waals surface area contributed by atoms with Crippen molar-refractivity contribution in [1.29, 1.82) is 0 Å². The van der Waals surface area contributed by atoms with Crippen molar-refractivity contribution >= 4 is 15.7 Å². The fraction of sp³-hybridized carbons (Fsp3) is 0.118. The van der Waals surface area contributed by atoms with Crippen molar-refractivity contribution in [1.82, 2.24) is 9.78 Å². The van der Waals surface area contributed by atoms with Crippen LogP contribution < -0.4 is 4.72 Å². The van der Waals surface area contributed by atoms with E-state index < -0.39 is 10.0 Å². The van der Waals surface area contributed by atoms with E-state index in [-0.39, 0.29) is 4.90 Å². The van der Waals surface area contributed by atoms with Crippen LogP contribution in [0.4, 0.5) is 5.69 Å². The SMILES string of the molecule is Cc1ccc(S(=O)(=O)Nc2ccc(-n3ccc(C)n3)cc2)cc1. The molecule has 0 aliphatic rings. The van der Waals surface area contributed by atoms with Gasteiger partial charge in [0.2, 0.25) is 0 Å². The Kier molecular flexibility index (Phi) is 3.92. The fourth-order valence-corrected chi connectivity index (χ4v) is 3.23. The van der Waals surface area contributed by atoms with Gasteiger partial charge >= 0.3 is 0 Å². The molecule has 0 atom stereocenters. The summed E-state index contributed by atoms with van der Waals surface area (Å²) in [4.78, 5) is 0.245. The molecule has 1 aromatic heterocycles. The first-order valence-corrected chi connectivity index (χ1v) is 8.64. The van der Waals surface area contributed by atoms with Crippen molar-refractivity contribution in [3.63, 3.8) is 0 Å².